The van der Waals surface area contributed by atoms with Gasteiger partial charge >= 0.3 is 6.03 Å². The van der Waals surface area contributed by atoms with Crippen LogP contribution in [0.3, 0.4) is 0 Å². The zero-order valence-corrected chi connectivity index (χ0v) is 30.2. The number of pyridine rings is 1. The predicted octanol–water partition coefficient (Wildman–Crippen LogP) is 4.72. The second kappa shape index (κ2) is 15.6. The zero-order valence-electron chi connectivity index (χ0n) is 28.7. The van der Waals surface area contributed by atoms with Gasteiger partial charge in [-0.25, -0.2) is 9.48 Å². The molecule has 4 amide bonds. The van der Waals surface area contributed by atoms with Gasteiger partial charge in [-0.3, -0.25) is 19.4 Å². The van der Waals surface area contributed by atoms with E-state index >= 15 is 0 Å². The Morgan fingerprint density at radius 1 is 0.725 bits per heavy atom. The van der Waals surface area contributed by atoms with E-state index in [-0.39, 0.29) is 39.8 Å². The van der Waals surface area contributed by atoms with Crippen LogP contribution in [0.2, 0.25) is 10.0 Å². The first-order valence-corrected chi connectivity index (χ1v) is 17.5. The fraction of sp³-hybridized carbons (Fsp3) is 0.333. The summed E-state index contributed by atoms with van der Waals surface area (Å²) in [5.74, 6) is -0.234. The summed E-state index contributed by atoms with van der Waals surface area (Å²) in [6.45, 7) is 7.54. The van der Waals surface area contributed by atoms with Crippen LogP contribution in [0.1, 0.15) is 27.6 Å². The highest BCUT2D eigenvalue weighted by Crippen LogP contribution is 2.30. The van der Waals surface area contributed by atoms with Crippen molar-refractivity contribution in [1.82, 2.24) is 34.4 Å². The van der Waals surface area contributed by atoms with E-state index in [1.54, 1.807) is 13.0 Å². The molecule has 51 heavy (non-hydrogen) atoms. The number of halogens is 2. The molecule has 0 saturated carbocycles. The van der Waals surface area contributed by atoms with Crippen molar-refractivity contribution in [2.24, 2.45) is 0 Å². The third-order valence-corrected chi connectivity index (χ3v) is 9.69. The second-order valence-corrected chi connectivity index (χ2v) is 13.5. The summed E-state index contributed by atoms with van der Waals surface area (Å²) in [4.78, 5) is 65.7. The van der Waals surface area contributed by atoms with E-state index in [1.807, 2.05) is 60.3 Å². The number of carbonyl (C=O) groups is 3. The molecule has 6 rings (SSSR count). The molecule has 2 aromatic heterocycles. The van der Waals surface area contributed by atoms with E-state index in [2.05, 4.69) is 30.5 Å². The maximum Gasteiger partial charge on any atom is 0.323 e. The van der Waals surface area contributed by atoms with Crippen molar-refractivity contribution in [3.63, 3.8) is 0 Å². The highest BCUT2D eigenvalue weighted by Gasteiger charge is 2.25. The number of aryl methyl sites for hydroxylation is 1. The van der Waals surface area contributed by atoms with Gasteiger partial charge in [0.15, 0.2) is 0 Å². The van der Waals surface area contributed by atoms with Gasteiger partial charge < -0.3 is 30.2 Å². The zero-order chi connectivity index (χ0) is 36.2. The molecule has 2 aliphatic rings. The summed E-state index contributed by atoms with van der Waals surface area (Å²) in [6.07, 6.45) is 2.68. The van der Waals surface area contributed by atoms with Crippen molar-refractivity contribution < 1.29 is 14.4 Å². The van der Waals surface area contributed by atoms with Crippen LogP contribution in [0.25, 0.3) is 22.4 Å². The normalized spacial score (nSPS) is 15.5. The summed E-state index contributed by atoms with van der Waals surface area (Å²) < 4.78 is 1.26. The minimum Gasteiger partial charge on any atom is -0.336 e. The average molecular weight is 733 g/mol. The molecule has 0 spiro atoms. The van der Waals surface area contributed by atoms with Crippen molar-refractivity contribution in [1.29, 1.82) is 0 Å². The van der Waals surface area contributed by atoms with Gasteiger partial charge in [0.05, 0.1) is 21.4 Å². The van der Waals surface area contributed by atoms with Crippen LogP contribution in [-0.4, -0.2) is 119 Å². The van der Waals surface area contributed by atoms with Crippen LogP contribution in [-0.2, 0) is 6.54 Å². The summed E-state index contributed by atoms with van der Waals surface area (Å²) in [5, 5.41) is 10.0. The Labute approximate surface area is 305 Å². The monoisotopic (exact) mass is 731 g/mol. The molecule has 2 aromatic carbocycles. The van der Waals surface area contributed by atoms with Gasteiger partial charge in [-0.05, 0) is 62.5 Å². The van der Waals surface area contributed by atoms with Crippen molar-refractivity contribution >= 4 is 52.4 Å². The van der Waals surface area contributed by atoms with Crippen molar-refractivity contribution in [2.45, 2.75) is 13.5 Å². The minimum atomic E-state index is -0.727. The number of nitrogens with one attached hydrogen (secondary N) is 2. The van der Waals surface area contributed by atoms with Crippen LogP contribution in [0.15, 0.2) is 65.7 Å². The molecule has 0 aliphatic carbocycles. The number of amides is 4. The second-order valence-electron chi connectivity index (χ2n) is 12.7. The van der Waals surface area contributed by atoms with E-state index in [9.17, 15) is 19.2 Å². The number of nitrogens with zero attached hydrogens (tertiary/aromatic N) is 7. The molecule has 4 aromatic rings. The summed E-state index contributed by atoms with van der Waals surface area (Å²) in [6, 6.07) is 13.6. The van der Waals surface area contributed by atoms with Gasteiger partial charge in [0.25, 0.3) is 17.4 Å². The first kappa shape index (κ1) is 36.0. The molecule has 266 valence electrons. The van der Waals surface area contributed by atoms with Gasteiger partial charge in [0, 0.05) is 88.0 Å². The van der Waals surface area contributed by atoms with E-state index < -0.39 is 11.6 Å². The number of piperazine rings is 2. The minimum absolute atomic E-state index is 0.00844. The largest absolute Gasteiger partial charge is 0.336 e. The lowest BCUT2D eigenvalue weighted by Crippen LogP contribution is -2.47. The molecule has 2 fully saturated rings. The Morgan fingerprint density at radius 2 is 1.27 bits per heavy atom. The molecule has 0 unspecified atom stereocenters. The highest BCUT2D eigenvalue weighted by atomic mass is 35.5. The van der Waals surface area contributed by atoms with Crippen molar-refractivity contribution in [2.75, 3.05) is 77.1 Å². The molecule has 2 N–H and O–H groups in total. The molecule has 0 radical (unpaired) electrons. The summed E-state index contributed by atoms with van der Waals surface area (Å²) >= 11 is 12.3. The van der Waals surface area contributed by atoms with Crippen LogP contribution in [0, 0.1) is 0 Å². The Morgan fingerprint density at radius 3 is 1.82 bits per heavy atom. The first-order chi connectivity index (χ1) is 24.5. The van der Waals surface area contributed by atoms with Gasteiger partial charge in [-0.2, -0.15) is 5.10 Å². The standard InChI is InChI=1S/C36H39Cl2N9O4/c1-4-47-35(50)31(40-36(51)41-32-28(37)21-39-22-29(32)38)20-30(42-47)24-7-5-6-23(16-24)25-17-26(33(48)45-12-8-43(2)9-13-45)19-27(18-25)34(49)46-14-10-44(3)11-15-46/h5-7,16-22H,4,8-15H2,1-3H3,(H2,39,40,41,51). The Hall–Kier alpha value is -4.82. The molecule has 4 heterocycles. The van der Waals surface area contributed by atoms with E-state index in [0.717, 1.165) is 31.7 Å². The lowest BCUT2D eigenvalue weighted by Gasteiger charge is -2.33. The molecule has 0 bridgehead atoms. The van der Waals surface area contributed by atoms with E-state index in [4.69, 9.17) is 23.2 Å². The molecule has 0 atom stereocenters. The predicted molar refractivity (Wildman–Crippen MR) is 199 cm³/mol. The number of hydrogen-bond acceptors (Lipinski definition) is 8. The van der Waals surface area contributed by atoms with Gasteiger partial charge in [0.1, 0.15) is 5.69 Å². The molecule has 15 heteroatoms. The number of aromatic nitrogens is 3. The first-order valence-electron chi connectivity index (χ1n) is 16.7. The van der Waals surface area contributed by atoms with Crippen LogP contribution >= 0.6 is 23.2 Å². The average Bonchev–Trinajstić information content (AvgIpc) is 3.14. The molecule has 2 aliphatic heterocycles. The quantitative estimate of drug-likeness (QED) is 0.279. The van der Waals surface area contributed by atoms with Crippen LogP contribution in [0.5, 0.6) is 0 Å². The SMILES string of the molecule is CCn1nc(-c2cccc(-c3cc(C(=O)N4CCN(C)CC4)cc(C(=O)N4CCN(C)CC4)c3)c2)cc(NC(=O)Nc2c(Cl)cncc2Cl)c1=O. The lowest BCUT2D eigenvalue weighted by molar-refractivity contribution is 0.0662. The van der Waals surface area contributed by atoms with E-state index in [0.29, 0.717) is 54.1 Å². The number of rotatable bonds is 7. The summed E-state index contributed by atoms with van der Waals surface area (Å²) in [7, 11) is 4.07. The number of likely N-dealkylation sites (N-methyl/N-ethyl adjacent to an activating group) is 2. The van der Waals surface area contributed by atoms with Gasteiger partial charge in [-0.15, -0.1) is 0 Å². The topological polar surface area (TPSA) is 136 Å². The molecular formula is C36H39Cl2N9O4. The fourth-order valence-corrected chi connectivity index (χ4v) is 6.53. The Bertz CT molecular complexity index is 1950. The number of hydrogen-bond donors (Lipinski definition) is 2. The Kier molecular flexibility index (Phi) is 11.0. The third kappa shape index (κ3) is 8.23. The third-order valence-electron chi connectivity index (χ3n) is 9.11. The van der Waals surface area contributed by atoms with Crippen LogP contribution in [0.4, 0.5) is 16.2 Å². The fourth-order valence-electron chi connectivity index (χ4n) is 6.07. The van der Waals surface area contributed by atoms with Gasteiger partial charge in [0.2, 0.25) is 0 Å². The van der Waals surface area contributed by atoms with Gasteiger partial charge in [-0.1, -0.05) is 41.4 Å². The Balaban J connectivity index is 1.34. The molecular weight excluding hydrogens is 693 g/mol. The number of anilines is 2. The van der Waals surface area contributed by atoms with Crippen molar-refractivity contribution in [3.8, 4) is 22.4 Å². The molecule has 2 saturated heterocycles. The number of benzene rings is 2. The maximum absolute atomic E-state index is 13.8. The van der Waals surface area contributed by atoms with Crippen LogP contribution < -0.4 is 16.2 Å². The molecule has 13 nitrogen and oxygen atoms in total. The maximum atomic E-state index is 13.8. The number of urea groups is 1. The van der Waals surface area contributed by atoms with Crippen molar-refractivity contribution in [3.05, 3.63) is 92.5 Å². The van der Waals surface area contributed by atoms with E-state index in [1.165, 1.54) is 23.1 Å². The lowest BCUT2D eigenvalue weighted by atomic mass is 9.96. The highest BCUT2D eigenvalue weighted by molar-refractivity contribution is 6.39. The smallest absolute Gasteiger partial charge is 0.323 e. The summed E-state index contributed by atoms with van der Waals surface area (Å²) in [5.41, 5.74) is 3.07. The number of carbonyl (C=O) groups excluding carboxylic acids is 3.